The van der Waals surface area contributed by atoms with Gasteiger partial charge in [-0.15, -0.1) is 0 Å². The van der Waals surface area contributed by atoms with Crippen LogP contribution >= 0.6 is 11.6 Å². The van der Waals surface area contributed by atoms with Crippen LogP contribution in [0.4, 0.5) is 15.8 Å². The van der Waals surface area contributed by atoms with E-state index in [1.807, 2.05) is 6.92 Å². The fourth-order valence-corrected chi connectivity index (χ4v) is 1.86. The van der Waals surface area contributed by atoms with Gasteiger partial charge in [0.2, 0.25) is 0 Å². The Bertz CT molecular complexity index is 634. The quantitative estimate of drug-likeness (QED) is 0.527. The summed E-state index contributed by atoms with van der Waals surface area (Å²) in [4.78, 5) is 13.9. The monoisotopic (exact) mass is 295 g/mol. The first-order valence-corrected chi connectivity index (χ1v) is 6.17. The van der Waals surface area contributed by atoms with Crippen molar-refractivity contribution < 1.29 is 9.31 Å². The first-order chi connectivity index (χ1) is 9.47. The molecule has 2 rings (SSSR count). The predicted molar refractivity (Wildman–Crippen MR) is 74.3 cm³/mol. The molecular formula is C13H11ClFN3O2. The van der Waals surface area contributed by atoms with Gasteiger partial charge in [0.1, 0.15) is 12.0 Å². The van der Waals surface area contributed by atoms with Gasteiger partial charge >= 0.3 is 0 Å². The van der Waals surface area contributed by atoms with Gasteiger partial charge in [-0.1, -0.05) is 23.7 Å². The number of hydrogen-bond acceptors (Lipinski definition) is 4. The van der Waals surface area contributed by atoms with Crippen molar-refractivity contribution >= 4 is 23.0 Å². The number of nitrogens with zero attached hydrogens (tertiary/aromatic N) is 2. The van der Waals surface area contributed by atoms with Crippen molar-refractivity contribution in [2.24, 2.45) is 0 Å². The van der Waals surface area contributed by atoms with E-state index in [0.717, 1.165) is 11.8 Å². The lowest BCUT2D eigenvalue weighted by molar-refractivity contribution is -0.385. The van der Waals surface area contributed by atoms with Gasteiger partial charge in [0.15, 0.2) is 5.15 Å². The van der Waals surface area contributed by atoms with Crippen molar-refractivity contribution in [2.45, 2.75) is 13.0 Å². The first-order valence-electron chi connectivity index (χ1n) is 5.79. The molecule has 1 aromatic heterocycles. The lowest BCUT2D eigenvalue weighted by Gasteiger charge is -2.16. The molecule has 2 aromatic rings. The van der Waals surface area contributed by atoms with E-state index in [4.69, 9.17) is 11.6 Å². The molecule has 0 aliphatic carbocycles. The third-order valence-electron chi connectivity index (χ3n) is 2.78. The Morgan fingerprint density at radius 1 is 1.40 bits per heavy atom. The minimum atomic E-state index is -0.545. The van der Waals surface area contributed by atoms with E-state index in [0.29, 0.717) is 5.69 Å². The third-order valence-corrected chi connectivity index (χ3v) is 3.08. The maximum atomic E-state index is 12.9. The zero-order chi connectivity index (χ0) is 14.7. The number of nitrogens with one attached hydrogen (secondary N) is 1. The van der Waals surface area contributed by atoms with E-state index in [9.17, 15) is 14.5 Å². The van der Waals surface area contributed by atoms with Crippen molar-refractivity contribution in [1.82, 2.24) is 4.98 Å². The summed E-state index contributed by atoms with van der Waals surface area (Å²) in [5.74, 6) is -0.323. The summed E-state index contributed by atoms with van der Waals surface area (Å²) < 4.78 is 12.9. The second-order valence-corrected chi connectivity index (χ2v) is 4.56. The Kier molecular flexibility index (Phi) is 4.14. The molecule has 1 aromatic carbocycles. The molecule has 1 N–H and O–H groups in total. The van der Waals surface area contributed by atoms with Gasteiger partial charge in [-0.3, -0.25) is 10.1 Å². The zero-order valence-corrected chi connectivity index (χ0v) is 11.3. The molecule has 0 fully saturated rings. The predicted octanol–water partition coefficient (Wildman–Crippen LogP) is 3.96. The van der Waals surface area contributed by atoms with Crippen molar-refractivity contribution in [3.63, 3.8) is 0 Å². The van der Waals surface area contributed by atoms with Crippen LogP contribution in [0.25, 0.3) is 0 Å². The maximum Gasteiger partial charge on any atom is 0.289 e. The van der Waals surface area contributed by atoms with Gasteiger partial charge in [-0.05, 0) is 24.6 Å². The molecule has 0 saturated carbocycles. The van der Waals surface area contributed by atoms with E-state index in [1.165, 1.54) is 18.2 Å². The summed E-state index contributed by atoms with van der Waals surface area (Å²) in [5, 5.41) is 13.9. The van der Waals surface area contributed by atoms with Gasteiger partial charge in [0.25, 0.3) is 5.69 Å². The topological polar surface area (TPSA) is 68.1 Å². The second kappa shape index (κ2) is 5.83. The number of pyridine rings is 1. The van der Waals surface area contributed by atoms with Crippen LogP contribution in [-0.4, -0.2) is 9.91 Å². The summed E-state index contributed by atoms with van der Waals surface area (Å²) in [7, 11) is 0. The molecule has 5 nitrogen and oxygen atoms in total. The molecule has 1 unspecified atom stereocenters. The van der Waals surface area contributed by atoms with Gasteiger partial charge in [-0.2, -0.15) is 0 Å². The molecule has 20 heavy (non-hydrogen) atoms. The van der Waals surface area contributed by atoms with Gasteiger partial charge < -0.3 is 5.32 Å². The van der Waals surface area contributed by atoms with Gasteiger partial charge in [0, 0.05) is 12.1 Å². The van der Waals surface area contributed by atoms with Gasteiger partial charge in [0.05, 0.1) is 10.6 Å². The van der Waals surface area contributed by atoms with E-state index in [2.05, 4.69) is 10.3 Å². The number of benzene rings is 1. The maximum absolute atomic E-state index is 12.9. The SMILES string of the molecule is CC(Nc1cc([N+](=O)[O-])cnc1Cl)c1ccc(F)cc1. The third kappa shape index (κ3) is 3.21. The van der Waals surface area contributed by atoms with Crippen molar-refractivity contribution in [2.75, 3.05) is 5.32 Å². The van der Waals surface area contributed by atoms with Gasteiger partial charge in [-0.25, -0.2) is 9.37 Å². The molecule has 1 atom stereocenters. The average molecular weight is 296 g/mol. The molecule has 0 saturated heterocycles. The molecule has 0 aliphatic rings. The fraction of sp³-hybridized carbons (Fsp3) is 0.154. The molecule has 7 heteroatoms. The van der Waals surface area contributed by atoms with E-state index < -0.39 is 4.92 Å². The Hall–Kier alpha value is -2.21. The molecule has 1 heterocycles. The number of aromatic nitrogens is 1. The van der Waals surface area contributed by atoms with Crippen molar-refractivity contribution in [3.05, 3.63) is 63.2 Å². The Morgan fingerprint density at radius 3 is 2.65 bits per heavy atom. The van der Waals surface area contributed by atoms with Crippen LogP contribution < -0.4 is 5.32 Å². The smallest absolute Gasteiger partial charge is 0.289 e. The van der Waals surface area contributed by atoms with Crippen LogP contribution in [0.15, 0.2) is 36.5 Å². The highest BCUT2D eigenvalue weighted by Gasteiger charge is 2.13. The van der Waals surface area contributed by atoms with Crippen LogP contribution in [-0.2, 0) is 0 Å². The normalized spacial score (nSPS) is 11.9. The Morgan fingerprint density at radius 2 is 2.05 bits per heavy atom. The molecule has 0 spiro atoms. The molecule has 0 amide bonds. The summed E-state index contributed by atoms with van der Waals surface area (Å²) in [5.41, 5.74) is 1.04. The molecule has 0 aliphatic heterocycles. The highest BCUT2D eigenvalue weighted by molar-refractivity contribution is 6.32. The minimum absolute atomic E-state index is 0.143. The van der Waals surface area contributed by atoms with Crippen LogP contribution in [0.3, 0.4) is 0 Å². The van der Waals surface area contributed by atoms with Crippen LogP contribution in [0.1, 0.15) is 18.5 Å². The number of rotatable bonds is 4. The summed E-state index contributed by atoms with van der Waals surface area (Å²) in [6.45, 7) is 1.84. The van der Waals surface area contributed by atoms with Crippen molar-refractivity contribution in [1.29, 1.82) is 0 Å². The standard InChI is InChI=1S/C13H11ClFN3O2/c1-8(9-2-4-10(15)5-3-9)17-12-6-11(18(19)20)7-16-13(12)14/h2-8,17H,1H3. The molecule has 0 bridgehead atoms. The summed E-state index contributed by atoms with van der Waals surface area (Å²) in [6, 6.07) is 7.07. The number of halogens is 2. The lowest BCUT2D eigenvalue weighted by Crippen LogP contribution is -2.08. The summed E-state index contributed by atoms with van der Waals surface area (Å²) >= 11 is 5.90. The number of nitro groups is 1. The Labute approximate surface area is 119 Å². The average Bonchev–Trinajstić information content (AvgIpc) is 2.41. The first kappa shape index (κ1) is 14.2. The van der Waals surface area contributed by atoms with Crippen molar-refractivity contribution in [3.8, 4) is 0 Å². The Balaban J connectivity index is 2.22. The highest BCUT2D eigenvalue weighted by Crippen LogP contribution is 2.27. The van der Waals surface area contributed by atoms with E-state index in [1.54, 1.807) is 12.1 Å². The number of hydrogen-bond donors (Lipinski definition) is 1. The molecule has 104 valence electrons. The second-order valence-electron chi connectivity index (χ2n) is 4.21. The molecule has 0 radical (unpaired) electrons. The number of anilines is 1. The van der Waals surface area contributed by atoms with Crippen LogP contribution in [0, 0.1) is 15.9 Å². The summed E-state index contributed by atoms with van der Waals surface area (Å²) in [6.07, 6.45) is 1.09. The minimum Gasteiger partial charge on any atom is -0.376 e. The van der Waals surface area contributed by atoms with E-state index in [-0.39, 0.29) is 22.7 Å². The highest BCUT2D eigenvalue weighted by atomic mass is 35.5. The van der Waals surface area contributed by atoms with E-state index >= 15 is 0 Å². The molecular weight excluding hydrogens is 285 g/mol. The van der Waals surface area contributed by atoms with Crippen LogP contribution in [0.2, 0.25) is 5.15 Å². The lowest BCUT2D eigenvalue weighted by atomic mass is 10.1. The van der Waals surface area contributed by atoms with Crippen LogP contribution in [0.5, 0.6) is 0 Å². The largest absolute Gasteiger partial charge is 0.376 e. The fourth-order valence-electron chi connectivity index (χ4n) is 1.71. The zero-order valence-electron chi connectivity index (χ0n) is 10.5.